The van der Waals surface area contributed by atoms with Gasteiger partial charge >= 0.3 is 6.03 Å². The molecule has 1 aliphatic rings. The van der Waals surface area contributed by atoms with Crippen LogP contribution in [0.2, 0.25) is 0 Å². The summed E-state index contributed by atoms with van der Waals surface area (Å²) in [6.07, 6.45) is 0. The highest BCUT2D eigenvalue weighted by Gasteiger charge is 2.25. The third kappa shape index (κ3) is 6.21. The number of nitrogens with zero attached hydrogens (tertiary/aromatic N) is 2. The molecule has 0 radical (unpaired) electrons. The quantitative estimate of drug-likeness (QED) is 0.720. The van der Waals surface area contributed by atoms with Gasteiger partial charge in [-0.1, -0.05) is 49.4 Å². The number of hydrogen-bond acceptors (Lipinski definition) is 4. The van der Waals surface area contributed by atoms with Crippen molar-refractivity contribution in [2.75, 3.05) is 46.4 Å². The van der Waals surface area contributed by atoms with Gasteiger partial charge in [0.1, 0.15) is 5.75 Å². The van der Waals surface area contributed by atoms with Gasteiger partial charge in [0, 0.05) is 39.3 Å². The maximum atomic E-state index is 12.4. The Labute approximate surface area is 173 Å². The second-order valence-electron chi connectivity index (χ2n) is 7.31. The highest BCUT2D eigenvalue weighted by molar-refractivity contribution is 5.73. The fraction of sp³-hybridized carbons (Fsp3) is 0.435. The molecule has 1 atom stereocenters. The number of carbonyl (C=O) groups is 1. The first-order chi connectivity index (χ1) is 14.2. The van der Waals surface area contributed by atoms with Gasteiger partial charge in [0.25, 0.3) is 0 Å². The fourth-order valence-electron chi connectivity index (χ4n) is 3.71. The number of likely N-dealkylation sites (N-methyl/N-ethyl adjacent to an activating group) is 1. The van der Waals surface area contributed by atoms with E-state index in [1.54, 1.807) is 7.11 Å². The third-order valence-electron chi connectivity index (χ3n) is 5.55. The van der Waals surface area contributed by atoms with Crippen LogP contribution in [0.3, 0.4) is 0 Å². The Balaban J connectivity index is 1.60. The number of rotatable bonds is 8. The van der Waals surface area contributed by atoms with E-state index in [2.05, 4.69) is 39.5 Å². The van der Waals surface area contributed by atoms with E-state index in [1.807, 2.05) is 42.5 Å². The number of carbonyl (C=O) groups excluding carboxylic acids is 1. The average molecular weight is 397 g/mol. The van der Waals surface area contributed by atoms with Crippen LogP contribution in [0.5, 0.6) is 5.75 Å². The van der Waals surface area contributed by atoms with Crippen molar-refractivity contribution in [3.63, 3.8) is 0 Å². The van der Waals surface area contributed by atoms with Crippen LogP contribution in [0, 0.1) is 0 Å². The Morgan fingerprint density at radius 1 is 1.00 bits per heavy atom. The van der Waals surface area contributed by atoms with E-state index >= 15 is 0 Å². The molecule has 2 aromatic rings. The van der Waals surface area contributed by atoms with Crippen molar-refractivity contribution in [1.29, 1.82) is 0 Å². The lowest BCUT2D eigenvalue weighted by atomic mass is 10.0. The molecule has 3 rings (SSSR count). The molecule has 2 N–H and O–H groups in total. The monoisotopic (exact) mass is 396 g/mol. The summed E-state index contributed by atoms with van der Waals surface area (Å²) >= 11 is 0. The number of benzene rings is 2. The summed E-state index contributed by atoms with van der Waals surface area (Å²) in [5.74, 6) is 0.844. The molecular weight excluding hydrogens is 364 g/mol. The predicted octanol–water partition coefficient (Wildman–Crippen LogP) is 2.87. The lowest BCUT2D eigenvalue weighted by Gasteiger charge is -2.39. The van der Waals surface area contributed by atoms with Crippen molar-refractivity contribution in [1.82, 2.24) is 20.4 Å². The maximum absolute atomic E-state index is 12.4. The summed E-state index contributed by atoms with van der Waals surface area (Å²) < 4.78 is 5.30. The molecule has 0 bridgehead atoms. The number of nitrogens with one attached hydrogen (secondary N) is 2. The molecule has 1 fully saturated rings. The molecule has 2 amide bonds. The molecule has 156 valence electrons. The molecule has 2 aromatic carbocycles. The molecule has 29 heavy (non-hydrogen) atoms. The minimum Gasteiger partial charge on any atom is -0.497 e. The first-order valence-electron chi connectivity index (χ1n) is 10.4. The Hall–Kier alpha value is -2.57. The van der Waals surface area contributed by atoms with Crippen LogP contribution < -0.4 is 15.4 Å². The second-order valence-corrected chi connectivity index (χ2v) is 7.31. The lowest BCUT2D eigenvalue weighted by Crippen LogP contribution is -2.50. The Kier molecular flexibility index (Phi) is 7.90. The Morgan fingerprint density at radius 3 is 2.31 bits per heavy atom. The first kappa shape index (κ1) is 21.1. The van der Waals surface area contributed by atoms with Gasteiger partial charge in [0.05, 0.1) is 13.2 Å². The van der Waals surface area contributed by atoms with Crippen molar-refractivity contribution < 1.29 is 9.53 Å². The Bertz CT molecular complexity index is 743. The van der Waals surface area contributed by atoms with Gasteiger partial charge in [-0.3, -0.25) is 4.90 Å². The normalized spacial score (nSPS) is 16.2. The summed E-state index contributed by atoms with van der Waals surface area (Å²) in [6.45, 7) is 8.49. The van der Waals surface area contributed by atoms with E-state index in [-0.39, 0.29) is 12.1 Å². The largest absolute Gasteiger partial charge is 0.497 e. The second kappa shape index (κ2) is 10.8. The molecule has 0 spiro atoms. The molecule has 1 aliphatic heterocycles. The molecular formula is C23H32N4O2. The Morgan fingerprint density at radius 2 is 1.69 bits per heavy atom. The topological polar surface area (TPSA) is 56.8 Å². The fourth-order valence-corrected chi connectivity index (χ4v) is 3.71. The van der Waals surface area contributed by atoms with Gasteiger partial charge in [-0.2, -0.15) is 0 Å². The minimum atomic E-state index is -0.139. The van der Waals surface area contributed by atoms with Crippen LogP contribution >= 0.6 is 0 Å². The van der Waals surface area contributed by atoms with Gasteiger partial charge in [-0.15, -0.1) is 0 Å². The molecule has 0 aliphatic carbocycles. The summed E-state index contributed by atoms with van der Waals surface area (Å²) in [5, 5.41) is 6.01. The van der Waals surface area contributed by atoms with Crippen LogP contribution in [0.25, 0.3) is 0 Å². The number of hydrogen-bond donors (Lipinski definition) is 2. The zero-order valence-corrected chi connectivity index (χ0v) is 17.4. The predicted molar refractivity (Wildman–Crippen MR) is 116 cm³/mol. The van der Waals surface area contributed by atoms with Crippen molar-refractivity contribution >= 4 is 6.03 Å². The smallest absolute Gasteiger partial charge is 0.315 e. The molecule has 6 heteroatoms. The summed E-state index contributed by atoms with van der Waals surface area (Å²) in [6, 6.07) is 18.1. The van der Waals surface area contributed by atoms with Crippen LogP contribution in [0.1, 0.15) is 24.1 Å². The third-order valence-corrected chi connectivity index (χ3v) is 5.55. The first-order valence-corrected chi connectivity index (χ1v) is 10.4. The van der Waals surface area contributed by atoms with E-state index in [9.17, 15) is 4.79 Å². The van der Waals surface area contributed by atoms with E-state index in [0.717, 1.165) is 44.0 Å². The van der Waals surface area contributed by atoms with Crippen LogP contribution in [0.4, 0.5) is 4.79 Å². The van der Waals surface area contributed by atoms with Crippen LogP contribution in [0.15, 0.2) is 54.6 Å². The van der Waals surface area contributed by atoms with Gasteiger partial charge in [-0.25, -0.2) is 4.79 Å². The van der Waals surface area contributed by atoms with Gasteiger partial charge in [0.2, 0.25) is 0 Å². The zero-order valence-electron chi connectivity index (χ0n) is 17.4. The summed E-state index contributed by atoms with van der Waals surface area (Å²) in [5.41, 5.74) is 2.28. The van der Waals surface area contributed by atoms with Gasteiger partial charge < -0.3 is 20.3 Å². The van der Waals surface area contributed by atoms with E-state index < -0.39 is 0 Å². The molecule has 6 nitrogen and oxygen atoms in total. The number of piperazine rings is 1. The SMILES string of the molecule is CCN1CCN(C(CNC(=O)NCc2ccccc2)c2ccc(OC)cc2)CC1. The molecule has 0 aromatic heterocycles. The molecule has 1 heterocycles. The average Bonchev–Trinajstić information content (AvgIpc) is 2.79. The van der Waals surface area contributed by atoms with Crippen LogP contribution in [-0.4, -0.2) is 62.2 Å². The standard InChI is InChI=1S/C23H32N4O2/c1-3-26-13-15-27(16-14-26)22(20-9-11-21(29-2)12-10-20)18-25-23(28)24-17-19-7-5-4-6-8-19/h4-12,22H,3,13-18H2,1-2H3,(H2,24,25,28). The van der Waals surface area contributed by atoms with E-state index in [0.29, 0.717) is 13.1 Å². The van der Waals surface area contributed by atoms with Gasteiger partial charge in [-0.05, 0) is 29.8 Å². The van der Waals surface area contributed by atoms with Crippen molar-refractivity contribution in [2.45, 2.75) is 19.5 Å². The zero-order chi connectivity index (χ0) is 20.5. The van der Waals surface area contributed by atoms with Crippen molar-refractivity contribution in [3.8, 4) is 5.75 Å². The van der Waals surface area contributed by atoms with Gasteiger partial charge in [0.15, 0.2) is 0 Å². The minimum absolute atomic E-state index is 0.139. The molecule has 1 unspecified atom stereocenters. The van der Waals surface area contributed by atoms with Crippen molar-refractivity contribution in [3.05, 3.63) is 65.7 Å². The highest BCUT2D eigenvalue weighted by atomic mass is 16.5. The highest BCUT2D eigenvalue weighted by Crippen LogP contribution is 2.24. The number of urea groups is 1. The number of ether oxygens (including phenoxy) is 1. The summed E-state index contributed by atoms with van der Waals surface area (Å²) in [7, 11) is 1.68. The number of amides is 2. The number of methoxy groups -OCH3 is 1. The lowest BCUT2D eigenvalue weighted by molar-refractivity contribution is 0.0989. The van der Waals surface area contributed by atoms with Crippen LogP contribution in [-0.2, 0) is 6.54 Å². The molecule has 0 saturated carbocycles. The maximum Gasteiger partial charge on any atom is 0.315 e. The van der Waals surface area contributed by atoms with E-state index in [1.165, 1.54) is 5.56 Å². The molecule has 1 saturated heterocycles. The van der Waals surface area contributed by atoms with E-state index in [4.69, 9.17) is 4.74 Å². The summed E-state index contributed by atoms with van der Waals surface area (Å²) in [4.78, 5) is 17.3. The van der Waals surface area contributed by atoms with Crippen molar-refractivity contribution in [2.24, 2.45) is 0 Å².